The summed E-state index contributed by atoms with van der Waals surface area (Å²) in [7, 11) is 0. The Morgan fingerprint density at radius 2 is 1.26 bits per heavy atom. The Morgan fingerprint density at radius 3 is 1.74 bits per heavy atom. The van der Waals surface area contributed by atoms with Crippen LogP contribution in [0.15, 0.2) is 24.3 Å². The van der Waals surface area contributed by atoms with Crippen LogP contribution in [-0.2, 0) is 0 Å². The Labute approximate surface area is 200 Å². The number of carboxylic acid groups (broad SMARTS) is 1. The van der Waals surface area contributed by atoms with Crippen molar-refractivity contribution in [3.8, 4) is 5.75 Å². The van der Waals surface area contributed by atoms with Crippen molar-refractivity contribution in [2.45, 2.75) is 0 Å². The minimum atomic E-state index is -1.14. The van der Waals surface area contributed by atoms with Crippen LogP contribution in [-0.4, -0.2) is 17.0 Å². The fourth-order valence-corrected chi connectivity index (χ4v) is 5.68. The van der Waals surface area contributed by atoms with Crippen molar-refractivity contribution >= 4 is 125 Å². The van der Waals surface area contributed by atoms with Crippen molar-refractivity contribution in [3.63, 3.8) is 0 Å². The van der Waals surface area contributed by atoms with Crippen molar-refractivity contribution in [2.75, 3.05) is 0 Å². The summed E-state index contributed by atoms with van der Waals surface area (Å²) in [6.45, 7) is 0. The topological polar surface area (TPSA) is 63.6 Å². The zero-order valence-corrected chi connectivity index (χ0v) is 21.7. The van der Waals surface area contributed by atoms with E-state index in [2.05, 4.69) is 67.8 Å². The van der Waals surface area contributed by atoms with Gasteiger partial charge in [-0.2, -0.15) is 0 Å². The number of halogens is 5. The maximum absolute atomic E-state index is 12.6. The molecule has 4 nitrogen and oxygen atoms in total. The van der Waals surface area contributed by atoms with Crippen molar-refractivity contribution in [1.29, 1.82) is 0 Å². The van der Waals surface area contributed by atoms with Crippen LogP contribution in [0.5, 0.6) is 5.75 Å². The lowest BCUT2D eigenvalue weighted by molar-refractivity contribution is 0.0666. The number of ether oxygens (including phenoxy) is 1. The molecule has 0 heterocycles. The molecule has 0 bridgehead atoms. The predicted octanol–water partition coefficient (Wildman–Crippen LogP) is 5.63. The first kappa shape index (κ1) is 20.3. The summed E-state index contributed by atoms with van der Waals surface area (Å²) in [5, 5.41) is 9.51. The summed E-state index contributed by atoms with van der Waals surface area (Å²) in [6.07, 6.45) is 0. The third kappa shape index (κ3) is 4.60. The van der Waals surface area contributed by atoms with Gasteiger partial charge < -0.3 is 9.84 Å². The molecule has 23 heavy (non-hydrogen) atoms. The van der Waals surface area contributed by atoms with Crippen molar-refractivity contribution < 1.29 is 19.4 Å². The van der Waals surface area contributed by atoms with Gasteiger partial charge in [0.1, 0.15) is 5.75 Å². The van der Waals surface area contributed by atoms with Gasteiger partial charge >= 0.3 is 11.9 Å². The molecular formula is C14H5I5O4. The molecule has 2 rings (SSSR count). The highest BCUT2D eigenvalue weighted by Gasteiger charge is 2.28. The molecule has 120 valence electrons. The van der Waals surface area contributed by atoms with E-state index in [0.29, 0.717) is 12.9 Å². The molecule has 0 aliphatic heterocycles. The number of hydrogen-bond acceptors (Lipinski definition) is 3. The zero-order valence-electron chi connectivity index (χ0n) is 10.9. The van der Waals surface area contributed by atoms with Gasteiger partial charge in [0.25, 0.3) is 0 Å². The minimum Gasteiger partial charge on any atom is -0.478 e. The second-order valence-corrected chi connectivity index (χ2v) is 9.72. The molecule has 0 fully saturated rings. The van der Waals surface area contributed by atoms with Gasteiger partial charge in [0.05, 0.1) is 11.1 Å². The highest BCUT2D eigenvalue weighted by molar-refractivity contribution is 14.1. The first-order valence-electron chi connectivity index (χ1n) is 5.81. The van der Waals surface area contributed by atoms with Gasteiger partial charge in [-0.1, -0.05) is 0 Å². The molecule has 0 saturated heterocycles. The van der Waals surface area contributed by atoms with E-state index in [9.17, 15) is 14.7 Å². The van der Waals surface area contributed by atoms with Gasteiger partial charge in [0.2, 0.25) is 0 Å². The second kappa shape index (κ2) is 8.61. The molecule has 0 aromatic heterocycles. The fourth-order valence-electron chi connectivity index (χ4n) is 1.68. The van der Waals surface area contributed by atoms with Crippen LogP contribution in [0, 0.1) is 17.9 Å². The van der Waals surface area contributed by atoms with E-state index in [0.717, 1.165) is 10.7 Å². The summed E-state index contributed by atoms with van der Waals surface area (Å²) in [6, 6.07) is 6.98. The molecule has 0 aliphatic carbocycles. The monoisotopic (exact) mass is 872 g/mol. The van der Waals surface area contributed by atoms with Crippen LogP contribution < -0.4 is 4.74 Å². The number of carboxylic acids is 1. The van der Waals surface area contributed by atoms with Gasteiger partial charge in [-0.3, -0.25) is 0 Å². The van der Waals surface area contributed by atoms with Crippen molar-refractivity contribution in [1.82, 2.24) is 0 Å². The number of esters is 1. The first-order chi connectivity index (χ1) is 10.7. The maximum Gasteiger partial charge on any atom is 0.345 e. The molecule has 0 aliphatic rings. The number of aromatic carboxylic acids is 1. The summed E-state index contributed by atoms with van der Waals surface area (Å²) in [5.74, 6) is -1.43. The molecule has 0 spiro atoms. The van der Waals surface area contributed by atoms with E-state index in [-0.39, 0.29) is 11.1 Å². The largest absolute Gasteiger partial charge is 0.478 e. The van der Waals surface area contributed by atoms with E-state index < -0.39 is 11.9 Å². The molecule has 9 heteroatoms. The minimum absolute atomic E-state index is 0.0182. The Balaban J connectivity index is 2.55. The third-order valence-electron chi connectivity index (χ3n) is 2.71. The van der Waals surface area contributed by atoms with Gasteiger partial charge in [-0.25, -0.2) is 9.59 Å². The van der Waals surface area contributed by atoms with Crippen LogP contribution in [0.3, 0.4) is 0 Å². The maximum atomic E-state index is 12.6. The zero-order chi connectivity index (χ0) is 17.3. The number of carbonyl (C=O) groups excluding carboxylic acids is 1. The number of benzene rings is 2. The van der Waals surface area contributed by atoms with E-state index in [1.165, 1.54) is 0 Å². The smallest absolute Gasteiger partial charge is 0.345 e. The number of hydrogen-bond donors (Lipinski definition) is 1. The van der Waals surface area contributed by atoms with Crippen LogP contribution in [0.2, 0.25) is 0 Å². The van der Waals surface area contributed by atoms with Crippen molar-refractivity contribution in [2.24, 2.45) is 0 Å². The first-order valence-corrected chi connectivity index (χ1v) is 11.2. The lowest BCUT2D eigenvalue weighted by atomic mass is 10.1. The van der Waals surface area contributed by atoms with E-state index in [1.807, 2.05) is 57.3 Å². The lowest BCUT2D eigenvalue weighted by Crippen LogP contribution is -2.19. The standard InChI is InChI=1S/C14H5I5O4/c15-5-1-3-6(4-2-5)23-14(22)8-7(13(20)21)9(16)11(18)12(19)10(8)17/h1-4H,(H,20,21). The molecule has 0 saturated carbocycles. The van der Waals surface area contributed by atoms with Crippen LogP contribution in [0.4, 0.5) is 0 Å². The van der Waals surface area contributed by atoms with Gasteiger partial charge in [-0.15, -0.1) is 0 Å². The average molecular weight is 872 g/mol. The van der Waals surface area contributed by atoms with E-state index >= 15 is 0 Å². The molecule has 0 unspecified atom stereocenters. The molecule has 0 atom stereocenters. The lowest BCUT2D eigenvalue weighted by Gasteiger charge is -2.14. The molecule has 0 amide bonds. The predicted molar refractivity (Wildman–Crippen MR) is 128 cm³/mol. The van der Waals surface area contributed by atoms with Crippen LogP contribution in [0.25, 0.3) is 0 Å². The third-order valence-corrected chi connectivity index (χ3v) is 10.8. The number of rotatable bonds is 3. The quantitative estimate of drug-likeness (QED) is 0.143. The van der Waals surface area contributed by atoms with E-state index in [1.54, 1.807) is 12.1 Å². The van der Waals surface area contributed by atoms with Crippen LogP contribution >= 0.6 is 113 Å². The molecule has 1 N–H and O–H groups in total. The number of carbonyl (C=O) groups is 2. The van der Waals surface area contributed by atoms with Crippen LogP contribution in [0.1, 0.15) is 20.7 Å². The highest BCUT2D eigenvalue weighted by atomic mass is 127. The van der Waals surface area contributed by atoms with Crippen molar-refractivity contribution in [3.05, 3.63) is 53.2 Å². The Morgan fingerprint density at radius 1 is 0.783 bits per heavy atom. The Kier molecular flexibility index (Phi) is 7.62. The molecule has 2 aromatic rings. The van der Waals surface area contributed by atoms with E-state index in [4.69, 9.17) is 4.74 Å². The summed E-state index contributed by atoms with van der Waals surface area (Å²) < 4.78 is 9.15. The molecule has 0 radical (unpaired) electrons. The summed E-state index contributed by atoms with van der Waals surface area (Å²) in [5.41, 5.74) is 0.0705. The second-order valence-electron chi connectivity index (χ2n) is 4.15. The summed E-state index contributed by atoms with van der Waals surface area (Å²) >= 11 is 10.3. The fraction of sp³-hybridized carbons (Fsp3) is 0. The highest BCUT2D eigenvalue weighted by Crippen LogP contribution is 2.33. The van der Waals surface area contributed by atoms with Gasteiger partial charge in [0, 0.05) is 17.9 Å². The summed E-state index contributed by atoms with van der Waals surface area (Å²) in [4.78, 5) is 24.2. The van der Waals surface area contributed by atoms with Gasteiger partial charge in [0.15, 0.2) is 0 Å². The molecular weight excluding hydrogens is 867 g/mol. The Bertz CT molecular complexity index is 802. The molecule has 2 aromatic carbocycles. The average Bonchev–Trinajstić information content (AvgIpc) is 2.50. The van der Waals surface area contributed by atoms with Gasteiger partial charge in [-0.05, 0) is 137 Å². The normalized spacial score (nSPS) is 10.5. The Hall–Kier alpha value is 1.03. The SMILES string of the molecule is O=C(O)c1c(I)c(I)c(I)c(I)c1C(=O)Oc1ccc(I)cc1.